The van der Waals surface area contributed by atoms with E-state index in [4.69, 9.17) is 10.5 Å². The summed E-state index contributed by atoms with van der Waals surface area (Å²) in [5, 5.41) is 8.77. The highest BCUT2D eigenvalue weighted by Crippen LogP contribution is 2.33. The molecule has 0 amide bonds. The summed E-state index contributed by atoms with van der Waals surface area (Å²) >= 11 is 0. The van der Waals surface area contributed by atoms with Crippen LogP contribution in [0, 0.1) is 23.3 Å². The normalized spacial score (nSPS) is 16.5. The highest BCUT2D eigenvalue weighted by atomic mass is 19.1. The molecule has 0 bridgehead atoms. The van der Waals surface area contributed by atoms with E-state index in [0.717, 1.165) is 22.9 Å². The fourth-order valence-corrected chi connectivity index (χ4v) is 3.78. The number of ether oxygens (including phenoxy) is 1. The van der Waals surface area contributed by atoms with E-state index in [1.165, 1.54) is 4.90 Å². The molecular formula is C21H17F4N3O4. The van der Waals surface area contributed by atoms with Gasteiger partial charge in [-0.2, -0.15) is 0 Å². The number of fused-ring (bicyclic) bond motifs is 1. The average Bonchev–Trinajstić information content (AvgIpc) is 2.74. The van der Waals surface area contributed by atoms with Crippen LogP contribution in [-0.2, 0) is 4.74 Å². The summed E-state index contributed by atoms with van der Waals surface area (Å²) in [6.45, 7) is 0.452. The summed E-state index contributed by atoms with van der Waals surface area (Å²) in [5.74, 6) is -6.01. The van der Waals surface area contributed by atoms with Gasteiger partial charge in [0.2, 0.25) is 5.43 Å². The molecule has 11 heteroatoms. The van der Waals surface area contributed by atoms with Crippen LogP contribution in [0.1, 0.15) is 10.4 Å². The number of benzene rings is 2. The third kappa shape index (κ3) is 3.59. The number of halogens is 4. The first kappa shape index (κ1) is 21.8. The van der Waals surface area contributed by atoms with E-state index < -0.39 is 68.6 Å². The number of carboxylic acids is 1. The molecule has 32 heavy (non-hydrogen) atoms. The third-order valence-electron chi connectivity index (χ3n) is 5.27. The number of carboxylic acid groups (broad SMARTS) is 1. The molecule has 0 saturated carbocycles. The van der Waals surface area contributed by atoms with E-state index in [1.54, 1.807) is 0 Å². The zero-order valence-electron chi connectivity index (χ0n) is 16.4. The van der Waals surface area contributed by atoms with Crippen molar-refractivity contribution in [2.45, 2.75) is 6.10 Å². The summed E-state index contributed by atoms with van der Waals surface area (Å²) in [6.07, 6.45) is 0.250. The Labute approximate surface area is 178 Å². The maximum Gasteiger partial charge on any atom is 0.341 e. The SMILES string of the molecule is NCC1CN(c2c(F)cc3c(=O)c(C(=O)O)cn(-c4ccc(F)cc4F)c3c2F)CCO1. The number of hydrogen-bond donors (Lipinski definition) is 2. The molecule has 1 saturated heterocycles. The molecule has 1 aliphatic rings. The quantitative estimate of drug-likeness (QED) is 0.592. The van der Waals surface area contributed by atoms with Gasteiger partial charge in [-0.1, -0.05) is 0 Å². The van der Waals surface area contributed by atoms with Crippen LogP contribution in [0.2, 0.25) is 0 Å². The van der Waals surface area contributed by atoms with Crippen LogP contribution in [0.4, 0.5) is 23.2 Å². The molecule has 3 N–H and O–H groups in total. The number of nitrogens with zero attached hydrogens (tertiary/aromatic N) is 2. The van der Waals surface area contributed by atoms with E-state index in [-0.39, 0.29) is 26.2 Å². The van der Waals surface area contributed by atoms with E-state index >= 15 is 8.78 Å². The first-order chi connectivity index (χ1) is 15.2. The average molecular weight is 451 g/mol. The molecule has 1 fully saturated rings. The van der Waals surface area contributed by atoms with Gasteiger partial charge in [0.25, 0.3) is 0 Å². The second kappa shape index (κ2) is 8.24. The van der Waals surface area contributed by atoms with Crippen LogP contribution >= 0.6 is 0 Å². The number of morpholine rings is 1. The smallest absolute Gasteiger partial charge is 0.341 e. The zero-order chi connectivity index (χ0) is 23.2. The van der Waals surface area contributed by atoms with Gasteiger partial charge in [-0.05, 0) is 18.2 Å². The van der Waals surface area contributed by atoms with Crippen molar-refractivity contribution in [1.29, 1.82) is 0 Å². The van der Waals surface area contributed by atoms with Crippen LogP contribution in [0.25, 0.3) is 16.6 Å². The number of rotatable bonds is 4. The van der Waals surface area contributed by atoms with Crippen LogP contribution in [0.3, 0.4) is 0 Å². The van der Waals surface area contributed by atoms with Crippen molar-refractivity contribution in [1.82, 2.24) is 4.57 Å². The number of carbonyl (C=O) groups is 1. The number of hydrogen-bond acceptors (Lipinski definition) is 5. The molecule has 0 aliphatic carbocycles. The predicted molar refractivity (Wildman–Crippen MR) is 107 cm³/mol. The first-order valence-corrected chi connectivity index (χ1v) is 9.55. The van der Waals surface area contributed by atoms with Gasteiger partial charge >= 0.3 is 5.97 Å². The van der Waals surface area contributed by atoms with E-state index in [9.17, 15) is 23.5 Å². The molecule has 1 atom stereocenters. The predicted octanol–water partition coefficient (Wildman–Crippen LogP) is 2.41. The maximum absolute atomic E-state index is 15.8. The Bertz CT molecular complexity index is 1290. The van der Waals surface area contributed by atoms with Crippen molar-refractivity contribution >= 4 is 22.6 Å². The van der Waals surface area contributed by atoms with Gasteiger partial charge < -0.3 is 25.0 Å². The minimum absolute atomic E-state index is 0.0677. The fraction of sp³-hybridized carbons (Fsp3) is 0.238. The van der Waals surface area contributed by atoms with E-state index in [2.05, 4.69) is 0 Å². The molecule has 7 nitrogen and oxygen atoms in total. The van der Waals surface area contributed by atoms with Crippen LogP contribution < -0.4 is 16.1 Å². The largest absolute Gasteiger partial charge is 0.477 e. The minimum Gasteiger partial charge on any atom is -0.477 e. The Kier molecular flexibility index (Phi) is 5.61. The molecular weight excluding hydrogens is 434 g/mol. The van der Waals surface area contributed by atoms with Crippen LogP contribution in [0.5, 0.6) is 0 Å². The van der Waals surface area contributed by atoms with Gasteiger partial charge in [-0.25, -0.2) is 22.4 Å². The Morgan fingerprint density at radius 3 is 2.59 bits per heavy atom. The van der Waals surface area contributed by atoms with Crippen LogP contribution in [-0.4, -0.2) is 48.0 Å². The summed E-state index contributed by atoms with van der Waals surface area (Å²) in [7, 11) is 0. The monoisotopic (exact) mass is 451 g/mol. The lowest BCUT2D eigenvalue weighted by molar-refractivity contribution is 0.0461. The number of aromatic carboxylic acids is 1. The van der Waals surface area contributed by atoms with Crippen molar-refractivity contribution in [2.24, 2.45) is 5.73 Å². The molecule has 1 aliphatic heterocycles. The Morgan fingerprint density at radius 1 is 1.19 bits per heavy atom. The standard InChI is InChI=1S/C21H17F4N3O4/c22-10-1-2-16(14(23)5-10)28-9-13(21(30)31)20(29)12-6-15(24)19(17(25)18(12)28)27-3-4-32-11(7-26)8-27/h1-2,5-6,9,11H,3-4,7-8,26H2,(H,30,31). The molecule has 0 spiro atoms. The van der Waals surface area contributed by atoms with Gasteiger partial charge in [0, 0.05) is 31.9 Å². The number of anilines is 1. The second-order valence-electron chi connectivity index (χ2n) is 7.23. The summed E-state index contributed by atoms with van der Waals surface area (Å²) in [6, 6.07) is 3.09. The summed E-state index contributed by atoms with van der Waals surface area (Å²) in [4.78, 5) is 25.6. The molecule has 2 heterocycles. The molecule has 168 valence electrons. The highest BCUT2D eigenvalue weighted by Gasteiger charge is 2.29. The van der Waals surface area contributed by atoms with E-state index in [1.807, 2.05) is 0 Å². The van der Waals surface area contributed by atoms with Gasteiger partial charge in [0.1, 0.15) is 28.7 Å². The van der Waals surface area contributed by atoms with Gasteiger partial charge in [0.05, 0.1) is 29.3 Å². The minimum atomic E-state index is -1.67. The van der Waals surface area contributed by atoms with Crippen molar-refractivity contribution in [3.8, 4) is 5.69 Å². The maximum atomic E-state index is 15.8. The van der Waals surface area contributed by atoms with Crippen LogP contribution in [0.15, 0.2) is 35.3 Å². The number of aromatic nitrogens is 1. The Balaban J connectivity index is 2.06. The van der Waals surface area contributed by atoms with E-state index in [0.29, 0.717) is 12.1 Å². The highest BCUT2D eigenvalue weighted by molar-refractivity contribution is 5.94. The van der Waals surface area contributed by atoms with Crippen molar-refractivity contribution < 1.29 is 32.2 Å². The fourth-order valence-electron chi connectivity index (χ4n) is 3.78. The molecule has 1 unspecified atom stereocenters. The van der Waals surface area contributed by atoms with Crippen molar-refractivity contribution in [3.63, 3.8) is 0 Å². The Morgan fingerprint density at radius 2 is 1.94 bits per heavy atom. The lowest BCUT2D eigenvalue weighted by Gasteiger charge is -2.34. The van der Waals surface area contributed by atoms with Crippen molar-refractivity contribution in [2.75, 3.05) is 31.1 Å². The molecule has 2 aromatic carbocycles. The Hall–Kier alpha value is -3.44. The number of pyridine rings is 1. The van der Waals surface area contributed by atoms with Crippen molar-refractivity contribution in [3.05, 3.63) is 69.5 Å². The van der Waals surface area contributed by atoms with Gasteiger partial charge in [-0.15, -0.1) is 0 Å². The van der Waals surface area contributed by atoms with Gasteiger partial charge in [0.15, 0.2) is 5.82 Å². The third-order valence-corrected chi connectivity index (χ3v) is 5.27. The molecule has 0 radical (unpaired) electrons. The zero-order valence-corrected chi connectivity index (χ0v) is 16.4. The second-order valence-corrected chi connectivity index (χ2v) is 7.23. The summed E-state index contributed by atoms with van der Waals surface area (Å²) in [5.41, 5.74) is 2.17. The molecule has 1 aromatic heterocycles. The topological polar surface area (TPSA) is 97.8 Å². The first-order valence-electron chi connectivity index (χ1n) is 9.55. The van der Waals surface area contributed by atoms with Gasteiger partial charge in [-0.3, -0.25) is 4.79 Å². The molecule has 3 aromatic rings. The molecule has 4 rings (SSSR count). The number of nitrogens with two attached hydrogens (primary N) is 1. The lowest BCUT2D eigenvalue weighted by Crippen LogP contribution is -2.46. The lowest BCUT2D eigenvalue weighted by atomic mass is 10.1. The summed E-state index contributed by atoms with van der Waals surface area (Å²) < 4.78 is 64.9.